The number of rotatable bonds is 2. The first kappa shape index (κ1) is 10.1. The van der Waals surface area contributed by atoms with Gasteiger partial charge in [-0.1, -0.05) is 18.2 Å². The predicted molar refractivity (Wildman–Crippen MR) is 59.0 cm³/mol. The summed E-state index contributed by atoms with van der Waals surface area (Å²) in [6, 6.07) is 3.89. The molecule has 0 radical (unpaired) electrons. The minimum Gasteiger partial charge on any atom is -0.388 e. The van der Waals surface area contributed by atoms with Crippen molar-refractivity contribution in [1.29, 1.82) is 0 Å². The highest BCUT2D eigenvalue weighted by Crippen LogP contribution is 2.23. The zero-order valence-electron chi connectivity index (χ0n) is 8.24. The maximum absolute atomic E-state index is 5.95. The van der Waals surface area contributed by atoms with Gasteiger partial charge >= 0.3 is 0 Å². The Hall–Kier alpha value is -0.950. The van der Waals surface area contributed by atoms with Crippen LogP contribution in [0.2, 0.25) is 5.02 Å². The lowest BCUT2D eigenvalue weighted by Crippen LogP contribution is -2.05. The van der Waals surface area contributed by atoms with Crippen molar-refractivity contribution < 1.29 is 0 Å². The van der Waals surface area contributed by atoms with Crippen molar-refractivity contribution in [3.8, 4) is 0 Å². The van der Waals surface area contributed by atoms with Crippen LogP contribution in [0.4, 0.5) is 0 Å². The van der Waals surface area contributed by atoms with Crippen LogP contribution in [0, 0.1) is 13.8 Å². The highest BCUT2D eigenvalue weighted by Gasteiger charge is 2.05. The minimum atomic E-state index is 0.759. The summed E-state index contributed by atoms with van der Waals surface area (Å²) in [5.41, 5.74) is 4.42. The van der Waals surface area contributed by atoms with Crippen LogP contribution in [0.3, 0.4) is 0 Å². The van der Waals surface area contributed by atoms with Crippen LogP contribution < -0.4 is 5.32 Å². The second kappa shape index (κ2) is 3.84. The maximum atomic E-state index is 5.95. The van der Waals surface area contributed by atoms with Crippen LogP contribution in [0.1, 0.15) is 16.7 Å². The van der Waals surface area contributed by atoms with Gasteiger partial charge in [0.05, 0.1) is 0 Å². The van der Waals surface area contributed by atoms with Crippen molar-refractivity contribution in [2.75, 3.05) is 7.05 Å². The smallest absolute Gasteiger partial charge is 0.0415 e. The first-order chi connectivity index (χ1) is 6.06. The van der Waals surface area contributed by atoms with Crippen molar-refractivity contribution in [2.45, 2.75) is 13.8 Å². The number of nitrogens with one attached hydrogen (secondary N) is 1. The summed E-state index contributed by atoms with van der Waals surface area (Å²) in [5, 5.41) is 3.78. The van der Waals surface area contributed by atoms with Crippen LogP contribution >= 0.6 is 11.6 Å². The molecule has 2 heteroatoms. The monoisotopic (exact) mass is 195 g/mol. The Bertz CT molecular complexity index is 342. The van der Waals surface area contributed by atoms with Gasteiger partial charge in [0, 0.05) is 23.3 Å². The molecule has 0 aliphatic rings. The molecule has 0 aliphatic heterocycles. The third-order valence-corrected chi connectivity index (χ3v) is 2.48. The summed E-state index contributed by atoms with van der Waals surface area (Å²) in [4.78, 5) is 0. The molecular weight excluding hydrogens is 182 g/mol. The Morgan fingerprint density at radius 1 is 1.38 bits per heavy atom. The summed E-state index contributed by atoms with van der Waals surface area (Å²) in [5.74, 6) is 0. The van der Waals surface area contributed by atoms with Gasteiger partial charge in [0.1, 0.15) is 0 Å². The normalized spacial score (nSPS) is 9.85. The number of hydrogen-bond donors (Lipinski definition) is 1. The molecule has 0 fully saturated rings. The van der Waals surface area contributed by atoms with Gasteiger partial charge in [-0.2, -0.15) is 0 Å². The van der Waals surface area contributed by atoms with E-state index in [2.05, 4.69) is 18.8 Å². The van der Waals surface area contributed by atoms with Gasteiger partial charge < -0.3 is 5.32 Å². The Morgan fingerprint density at radius 3 is 2.54 bits per heavy atom. The first-order valence-corrected chi connectivity index (χ1v) is 4.58. The number of aryl methyl sites for hydroxylation is 1. The Balaban J connectivity index is 3.28. The van der Waals surface area contributed by atoms with E-state index in [4.69, 9.17) is 11.6 Å². The molecule has 0 unspecified atom stereocenters. The zero-order chi connectivity index (χ0) is 10.0. The zero-order valence-corrected chi connectivity index (χ0v) is 9.00. The van der Waals surface area contributed by atoms with Gasteiger partial charge in [0.15, 0.2) is 0 Å². The van der Waals surface area contributed by atoms with Crippen molar-refractivity contribution in [3.05, 3.63) is 40.4 Å². The average molecular weight is 196 g/mol. The van der Waals surface area contributed by atoms with E-state index in [1.54, 1.807) is 0 Å². The predicted octanol–water partition coefficient (Wildman–Crippen LogP) is 3.15. The van der Waals surface area contributed by atoms with Crippen LogP contribution in [-0.4, -0.2) is 7.05 Å². The molecule has 13 heavy (non-hydrogen) atoms. The summed E-state index contributed by atoms with van der Waals surface area (Å²) in [7, 11) is 1.86. The molecule has 0 amide bonds. The molecule has 1 aromatic rings. The number of benzene rings is 1. The van der Waals surface area contributed by atoms with Crippen LogP contribution in [-0.2, 0) is 0 Å². The minimum absolute atomic E-state index is 0.759. The molecule has 0 bridgehead atoms. The molecule has 0 atom stereocenters. The lowest BCUT2D eigenvalue weighted by Gasteiger charge is -2.11. The molecular formula is C11H14ClN. The van der Waals surface area contributed by atoms with E-state index in [1.807, 2.05) is 26.1 Å². The number of halogens is 1. The molecule has 1 nitrogen and oxygen atoms in total. The molecule has 0 aromatic heterocycles. The molecule has 0 saturated heterocycles. The van der Waals surface area contributed by atoms with E-state index >= 15 is 0 Å². The summed E-state index contributed by atoms with van der Waals surface area (Å²) >= 11 is 5.95. The Kier molecular flexibility index (Phi) is 2.99. The molecule has 0 aliphatic carbocycles. The second-order valence-corrected chi connectivity index (χ2v) is 3.56. The number of hydrogen-bond acceptors (Lipinski definition) is 1. The summed E-state index contributed by atoms with van der Waals surface area (Å²) < 4.78 is 0. The SMILES string of the molecule is C=C(NC)c1cc(Cl)cc(C)c1C. The molecule has 70 valence electrons. The molecule has 1 aromatic carbocycles. The molecule has 1 N–H and O–H groups in total. The van der Waals surface area contributed by atoms with Gasteiger partial charge in [-0.25, -0.2) is 0 Å². The van der Waals surface area contributed by atoms with E-state index in [0.29, 0.717) is 0 Å². The lowest BCUT2D eigenvalue weighted by atomic mass is 10.0. The van der Waals surface area contributed by atoms with E-state index in [-0.39, 0.29) is 0 Å². The highest BCUT2D eigenvalue weighted by atomic mass is 35.5. The first-order valence-electron chi connectivity index (χ1n) is 4.20. The van der Waals surface area contributed by atoms with Crippen molar-refractivity contribution in [3.63, 3.8) is 0 Å². The summed E-state index contributed by atoms with van der Waals surface area (Å²) in [6.07, 6.45) is 0. The van der Waals surface area contributed by atoms with Crippen molar-refractivity contribution in [1.82, 2.24) is 5.32 Å². The lowest BCUT2D eigenvalue weighted by molar-refractivity contribution is 1.12. The quantitative estimate of drug-likeness (QED) is 0.765. The standard InChI is InChI=1S/C11H14ClN/c1-7-5-10(12)6-11(8(7)2)9(3)13-4/h5-6,13H,3H2,1-2,4H3. The fourth-order valence-electron chi connectivity index (χ4n) is 1.26. The fraction of sp³-hybridized carbons (Fsp3) is 0.273. The summed E-state index contributed by atoms with van der Waals surface area (Å²) in [6.45, 7) is 8.04. The fourth-order valence-corrected chi connectivity index (χ4v) is 1.54. The van der Waals surface area contributed by atoms with E-state index < -0.39 is 0 Å². The third-order valence-electron chi connectivity index (χ3n) is 2.26. The van der Waals surface area contributed by atoms with Gasteiger partial charge in [-0.05, 0) is 37.1 Å². The molecule has 0 saturated carbocycles. The van der Waals surface area contributed by atoms with Gasteiger partial charge in [0.25, 0.3) is 0 Å². The molecule has 0 spiro atoms. The van der Waals surface area contributed by atoms with E-state index in [1.165, 1.54) is 11.1 Å². The maximum Gasteiger partial charge on any atom is 0.0415 e. The average Bonchev–Trinajstić information content (AvgIpc) is 2.10. The van der Waals surface area contributed by atoms with Gasteiger partial charge in [-0.15, -0.1) is 0 Å². The third kappa shape index (κ3) is 2.04. The van der Waals surface area contributed by atoms with Gasteiger partial charge in [-0.3, -0.25) is 0 Å². The Labute approximate surface area is 84.4 Å². The van der Waals surface area contributed by atoms with Crippen molar-refractivity contribution >= 4 is 17.3 Å². The van der Waals surface area contributed by atoms with Gasteiger partial charge in [0.2, 0.25) is 0 Å². The van der Waals surface area contributed by atoms with Crippen molar-refractivity contribution in [2.24, 2.45) is 0 Å². The van der Waals surface area contributed by atoms with E-state index in [0.717, 1.165) is 16.3 Å². The van der Waals surface area contributed by atoms with Crippen LogP contribution in [0.25, 0.3) is 5.70 Å². The molecule has 0 heterocycles. The topological polar surface area (TPSA) is 12.0 Å². The molecule has 1 rings (SSSR count). The van der Waals surface area contributed by atoms with Crippen LogP contribution in [0.15, 0.2) is 18.7 Å². The largest absolute Gasteiger partial charge is 0.388 e. The van der Waals surface area contributed by atoms with Crippen LogP contribution in [0.5, 0.6) is 0 Å². The van der Waals surface area contributed by atoms with E-state index in [9.17, 15) is 0 Å². The second-order valence-electron chi connectivity index (χ2n) is 3.12. The Morgan fingerprint density at radius 2 is 2.00 bits per heavy atom. The highest BCUT2D eigenvalue weighted by molar-refractivity contribution is 6.30.